The summed E-state index contributed by atoms with van der Waals surface area (Å²) in [6.07, 6.45) is 5.24. The van der Waals surface area contributed by atoms with E-state index in [1.54, 1.807) is 6.07 Å². The second-order valence-corrected chi connectivity index (χ2v) is 11.1. The molecule has 0 aromatic heterocycles. The van der Waals surface area contributed by atoms with Gasteiger partial charge in [-0.25, -0.2) is 0 Å². The summed E-state index contributed by atoms with van der Waals surface area (Å²) in [5, 5.41) is 26.3. The lowest BCUT2D eigenvalue weighted by molar-refractivity contribution is -0.115. The standard InChI is InChI=1S/C26H39BN2O5/c1-15-9-10-21-25(5,6)11-8-12-26(21,7)16(2)19-13-20(28-17(3)30)23(29-18(4)31)22(27(32)33)24(19)34-14-15/h13,15,21,32-33H,2,8-12,14H2,1,3-7H3,(H,28,30)(H,29,31)/t15?,21-,26+/m1/s1. The first-order valence-corrected chi connectivity index (χ1v) is 12.2. The minimum Gasteiger partial charge on any atom is -0.493 e. The molecule has 3 atom stereocenters. The molecular weight excluding hydrogens is 431 g/mol. The second-order valence-electron chi connectivity index (χ2n) is 11.1. The molecular formula is C26H39BN2O5. The van der Waals surface area contributed by atoms with Gasteiger partial charge in [-0.2, -0.15) is 0 Å². The van der Waals surface area contributed by atoms with E-state index >= 15 is 0 Å². The molecule has 1 unspecified atom stereocenters. The van der Waals surface area contributed by atoms with Crippen molar-refractivity contribution in [2.24, 2.45) is 22.7 Å². The third-order valence-electron chi connectivity index (χ3n) is 7.89. The summed E-state index contributed by atoms with van der Waals surface area (Å²) < 4.78 is 6.25. The zero-order valence-electron chi connectivity index (χ0n) is 21.4. The van der Waals surface area contributed by atoms with Crippen molar-refractivity contribution in [1.29, 1.82) is 0 Å². The molecule has 4 N–H and O–H groups in total. The Morgan fingerprint density at radius 3 is 2.35 bits per heavy atom. The predicted molar refractivity (Wildman–Crippen MR) is 137 cm³/mol. The van der Waals surface area contributed by atoms with E-state index in [9.17, 15) is 19.6 Å². The van der Waals surface area contributed by atoms with Crippen LogP contribution in [-0.2, 0) is 9.59 Å². The summed E-state index contributed by atoms with van der Waals surface area (Å²) in [5.74, 6) is 0.199. The number of benzene rings is 1. The third-order valence-corrected chi connectivity index (χ3v) is 7.89. The van der Waals surface area contributed by atoms with Crippen LogP contribution >= 0.6 is 0 Å². The van der Waals surface area contributed by atoms with Crippen LogP contribution in [0.2, 0.25) is 0 Å². The zero-order valence-corrected chi connectivity index (χ0v) is 21.4. The molecule has 0 saturated heterocycles. The molecule has 0 bridgehead atoms. The largest absolute Gasteiger partial charge is 0.494 e. The summed E-state index contributed by atoms with van der Waals surface area (Å²) in [4.78, 5) is 24.0. The van der Waals surface area contributed by atoms with Crippen LogP contribution in [0.4, 0.5) is 11.4 Å². The van der Waals surface area contributed by atoms with Crippen LogP contribution in [0.25, 0.3) is 5.57 Å². The van der Waals surface area contributed by atoms with Crippen molar-refractivity contribution in [2.45, 2.75) is 73.6 Å². The summed E-state index contributed by atoms with van der Waals surface area (Å²) in [7, 11) is -1.93. The minimum atomic E-state index is -1.93. The number of hydrogen-bond donors (Lipinski definition) is 4. The van der Waals surface area contributed by atoms with Crippen LogP contribution < -0.4 is 20.8 Å². The predicted octanol–water partition coefficient (Wildman–Crippen LogP) is 3.94. The number of allylic oxidation sites excluding steroid dienone is 1. The van der Waals surface area contributed by atoms with Crippen molar-refractivity contribution in [3.8, 4) is 5.75 Å². The maximum absolute atomic E-state index is 12.0. The average molecular weight is 470 g/mol. The Morgan fingerprint density at radius 1 is 1.12 bits per heavy atom. The van der Waals surface area contributed by atoms with Gasteiger partial charge < -0.3 is 25.4 Å². The van der Waals surface area contributed by atoms with Gasteiger partial charge in [-0.05, 0) is 60.0 Å². The quantitative estimate of drug-likeness (QED) is 0.501. The SMILES string of the molecule is C=C1c2cc(NC(C)=O)c(NC(C)=O)c(B(O)O)c2OCC(C)CC[C@@H]2C(C)(C)CCC[C@@]12C. The lowest BCUT2D eigenvalue weighted by Crippen LogP contribution is -2.44. The molecule has 1 aromatic carbocycles. The summed E-state index contributed by atoms with van der Waals surface area (Å²) >= 11 is 0. The Labute approximate surface area is 203 Å². The Hall–Kier alpha value is -2.32. The zero-order chi connectivity index (χ0) is 25.4. The van der Waals surface area contributed by atoms with Crippen LogP contribution in [0, 0.1) is 22.7 Å². The average Bonchev–Trinajstić information content (AvgIpc) is 2.70. The van der Waals surface area contributed by atoms with Crippen LogP contribution in [0.1, 0.15) is 79.2 Å². The summed E-state index contributed by atoms with van der Waals surface area (Å²) in [6, 6.07) is 1.76. The molecule has 34 heavy (non-hydrogen) atoms. The third kappa shape index (κ3) is 5.03. The fourth-order valence-corrected chi connectivity index (χ4v) is 6.17. The van der Waals surface area contributed by atoms with E-state index in [1.807, 2.05) is 0 Å². The molecule has 1 aromatic rings. The van der Waals surface area contributed by atoms with E-state index in [0.717, 1.165) is 37.7 Å². The van der Waals surface area contributed by atoms with E-state index < -0.39 is 13.0 Å². The Bertz CT molecular complexity index is 990. The van der Waals surface area contributed by atoms with Crippen molar-refractivity contribution >= 4 is 41.3 Å². The van der Waals surface area contributed by atoms with Gasteiger partial charge in [0.25, 0.3) is 0 Å². The maximum Gasteiger partial charge on any atom is 0.494 e. The monoisotopic (exact) mass is 470 g/mol. The fourth-order valence-electron chi connectivity index (χ4n) is 6.17. The molecule has 8 heteroatoms. The van der Waals surface area contributed by atoms with Gasteiger partial charge in [-0.1, -0.05) is 40.7 Å². The Morgan fingerprint density at radius 2 is 1.76 bits per heavy atom. The second kappa shape index (κ2) is 9.74. The van der Waals surface area contributed by atoms with Gasteiger partial charge in [0.15, 0.2) is 0 Å². The number of carbonyl (C=O) groups is 2. The molecule has 0 spiro atoms. The Kier molecular flexibility index (Phi) is 7.53. The van der Waals surface area contributed by atoms with Gasteiger partial charge in [0.2, 0.25) is 11.8 Å². The van der Waals surface area contributed by atoms with Crippen molar-refractivity contribution < 1.29 is 24.4 Å². The molecule has 1 aliphatic carbocycles. The number of hydrogen-bond acceptors (Lipinski definition) is 5. The molecule has 186 valence electrons. The van der Waals surface area contributed by atoms with Gasteiger partial charge in [-0.3, -0.25) is 9.59 Å². The normalized spacial score (nSPS) is 26.4. The van der Waals surface area contributed by atoms with Gasteiger partial charge in [0.1, 0.15) is 5.75 Å². The van der Waals surface area contributed by atoms with Crippen LogP contribution in [0.15, 0.2) is 12.6 Å². The first kappa shape index (κ1) is 26.3. The highest BCUT2D eigenvalue weighted by Gasteiger charge is 2.49. The lowest BCUT2D eigenvalue weighted by atomic mass is 9.52. The molecule has 2 amide bonds. The highest BCUT2D eigenvalue weighted by Crippen LogP contribution is 2.59. The molecule has 3 rings (SSSR count). The van der Waals surface area contributed by atoms with Crippen molar-refractivity contribution in [2.75, 3.05) is 17.2 Å². The minimum absolute atomic E-state index is 0.0283. The van der Waals surface area contributed by atoms with E-state index in [2.05, 4.69) is 44.9 Å². The first-order chi connectivity index (χ1) is 15.8. The molecule has 1 aliphatic heterocycles. The Balaban J connectivity index is 2.33. The van der Waals surface area contributed by atoms with Gasteiger partial charge >= 0.3 is 7.12 Å². The highest BCUT2D eigenvalue weighted by atomic mass is 16.5. The molecule has 1 fully saturated rings. The molecule has 1 saturated carbocycles. The van der Waals surface area contributed by atoms with Crippen molar-refractivity contribution in [3.05, 3.63) is 18.2 Å². The van der Waals surface area contributed by atoms with E-state index in [-0.39, 0.29) is 39.5 Å². The number of amides is 2. The molecule has 7 nitrogen and oxygen atoms in total. The topological polar surface area (TPSA) is 108 Å². The number of nitrogens with one attached hydrogen (secondary N) is 2. The van der Waals surface area contributed by atoms with Crippen LogP contribution in [-0.4, -0.2) is 35.6 Å². The fraction of sp³-hybridized carbons (Fsp3) is 0.615. The number of carbonyl (C=O) groups excluding carboxylic acids is 2. The number of fused-ring (bicyclic) bond motifs is 2. The smallest absolute Gasteiger partial charge is 0.493 e. The summed E-state index contributed by atoms with van der Waals surface area (Å²) in [5.41, 5.74) is 1.83. The van der Waals surface area contributed by atoms with E-state index in [1.165, 1.54) is 13.8 Å². The highest BCUT2D eigenvalue weighted by molar-refractivity contribution is 6.62. The number of rotatable bonds is 3. The van der Waals surface area contributed by atoms with Gasteiger partial charge in [-0.15, -0.1) is 0 Å². The van der Waals surface area contributed by atoms with Gasteiger partial charge in [0.05, 0.1) is 23.4 Å². The lowest BCUT2D eigenvalue weighted by Gasteiger charge is -2.53. The van der Waals surface area contributed by atoms with E-state index in [4.69, 9.17) is 4.74 Å². The molecule has 0 radical (unpaired) electrons. The van der Waals surface area contributed by atoms with Gasteiger partial charge in [0, 0.05) is 19.4 Å². The molecule has 2 aliphatic rings. The van der Waals surface area contributed by atoms with Crippen molar-refractivity contribution in [1.82, 2.24) is 0 Å². The van der Waals surface area contributed by atoms with Crippen LogP contribution in [0.3, 0.4) is 0 Å². The van der Waals surface area contributed by atoms with E-state index in [0.29, 0.717) is 23.8 Å². The van der Waals surface area contributed by atoms with Crippen LogP contribution in [0.5, 0.6) is 5.75 Å². The maximum atomic E-state index is 12.0. The number of anilines is 2. The van der Waals surface area contributed by atoms with Crippen molar-refractivity contribution in [3.63, 3.8) is 0 Å². The summed E-state index contributed by atoms with van der Waals surface area (Å²) in [6.45, 7) is 16.7. The number of ether oxygens (including phenoxy) is 1. The molecule has 1 heterocycles. The first-order valence-electron chi connectivity index (χ1n) is 12.2.